The molecule has 0 amide bonds. The highest BCUT2D eigenvalue weighted by molar-refractivity contribution is 7.80. The zero-order chi connectivity index (χ0) is 14.3. The summed E-state index contributed by atoms with van der Waals surface area (Å²) in [7, 11) is 1.64. The molecule has 0 aliphatic rings. The SMILES string of the molecule is CC[C@@H](C)/C(C)=N\NC(=S)Nc1ccc(OC)cc1. The lowest BCUT2D eigenvalue weighted by molar-refractivity contribution is 0.415. The standard InChI is InChI=1S/C14H21N3OS/c1-5-10(2)11(3)16-17-14(19)15-12-6-8-13(18-4)9-7-12/h6-10H,5H2,1-4H3,(H2,15,17,19)/b16-11-/t10-/m1/s1. The Morgan fingerprint density at radius 3 is 2.53 bits per heavy atom. The highest BCUT2D eigenvalue weighted by Crippen LogP contribution is 2.14. The Morgan fingerprint density at radius 2 is 2.00 bits per heavy atom. The van der Waals surface area contributed by atoms with Gasteiger partial charge in [0.25, 0.3) is 0 Å². The lowest BCUT2D eigenvalue weighted by atomic mass is 10.1. The van der Waals surface area contributed by atoms with Crippen molar-refractivity contribution in [3.63, 3.8) is 0 Å². The van der Waals surface area contributed by atoms with Crippen LogP contribution in [0.1, 0.15) is 27.2 Å². The van der Waals surface area contributed by atoms with Crippen LogP contribution in [0.5, 0.6) is 5.75 Å². The van der Waals surface area contributed by atoms with Crippen molar-refractivity contribution in [3.8, 4) is 5.75 Å². The van der Waals surface area contributed by atoms with Crippen molar-refractivity contribution in [3.05, 3.63) is 24.3 Å². The Labute approximate surface area is 120 Å². The molecule has 104 valence electrons. The molecular weight excluding hydrogens is 258 g/mol. The fourth-order valence-corrected chi connectivity index (χ4v) is 1.54. The van der Waals surface area contributed by atoms with E-state index < -0.39 is 0 Å². The quantitative estimate of drug-likeness (QED) is 0.492. The van der Waals surface area contributed by atoms with Crippen LogP contribution in [0.15, 0.2) is 29.4 Å². The van der Waals surface area contributed by atoms with E-state index in [2.05, 4.69) is 29.7 Å². The minimum atomic E-state index is 0.455. The molecule has 0 aliphatic heterocycles. The molecule has 5 heteroatoms. The largest absolute Gasteiger partial charge is 0.497 e. The van der Waals surface area contributed by atoms with Gasteiger partial charge >= 0.3 is 0 Å². The zero-order valence-electron chi connectivity index (χ0n) is 11.9. The molecule has 0 fully saturated rings. The van der Waals surface area contributed by atoms with Crippen molar-refractivity contribution in [1.29, 1.82) is 0 Å². The maximum atomic E-state index is 5.18. The highest BCUT2D eigenvalue weighted by Gasteiger charge is 2.03. The van der Waals surface area contributed by atoms with Gasteiger partial charge in [-0.25, -0.2) is 0 Å². The first-order valence-corrected chi connectivity index (χ1v) is 6.72. The molecule has 0 saturated heterocycles. The molecule has 0 aliphatic carbocycles. The number of hydrogen-bond donors (Lipinski definition) is 2. The number of methoxy groups -OCH3 is 1. The number of ether oxygens (including phenoxy) is 1. The van der Waals surface area contributed by atoms with E-state index in [1.165, 1.54) is 0 Å². The molecule has 0 unspecified atom stereocenters. The molecule has 1 aromatic rings. The second kappa shape index (κ2) is 7.74. The summed E-state index contributed by atoms with van der Waals surface area (Å²) in [6.07, 6.45) is 1.07. The average molecular weight is 279 g/mol. The second-order valence-electron chi connectivity index (χ2n) is 4.36. The summed E-state index contributed by atoms with van der Waals surface area (Å²) in [6, 6.07) is 7.55. The van der Waals surface area contributed by atoms with Crippen molar-refractivity contribution >= 4 is 28.7 Å². The summed E-state index contributed by atoms with van der Waals surface area (Å²) in [4.78, 5) is 0. The third kappa shape index (κ3) is 5.26. The fraction of sp³-hybridized carbons (Fsp3) is 0.429. The molecule has 0 bridgehead atoms. The first-order chi connectivity index (χ1) is 9.06. The number of hydrazone groups is 1. The van der Waals surface area contributed by atoms with Crippen molar-refractivity contribution in [2.24, 2.45) is 11.0 Å². The van der Waals surface area contributed by atoms with E-state index in [9.17, 15) is 0 Å². The number of benzene rings is 1. The van der Waals surface area contributed by atoms with Gasteiger partial charge in [-0.3, -0.25) is 5.43 Å². The smallest absolute Gasteiger partial charge is 0.191 e. The van der Waals surface area contributed by atoms with E-state index in [1.54, 1.807) is 7.11 Å². The molecular formula is C14H21N3OS. The van der Waals surface area contributed by atoms with E-state index in [-0.39, 0.29) is 0 Å². The molecule has 2 N–H and O–H groups in total. The van der Waals surface area contributed by atoms with Crippen molar-refractivity contribution in [1.82, 2.24) is 5.43 Å². The van der Waals surface area contributed by atoms with Crippen LogP contribution in [0, 0.1) is 5.92 Å². The van der Waals surface area contributed by atoms with Crippen LogP contribution >= 0.6 is 12.2 Å². The van der Waals surface area contributed by atoms with Crippen LogP contribution in [0.25, 0.3) is 0 Å². The molecule has 0 aromatic heterocycles. The van der Waals surface area contributed by atoms with Crippen LogP contribution < -0.4 is 15.5 Å². The van der Waals surface area contributed by atoms with E-state index in [0.717, 1.165) is 23.6 Å². The third-order valence-corrected chi connectivity index (χ3v) is 3.20. The van der Waals surface area contributed by atoms with Crippen LogP contribution in [-0.2, 0) is 0 Å². The maximum Gasteiger partial charge on any atom is 0.191 e. The summed E-state index contributed by atoms with van der Waals surface area (Å²) in [5.41, 5.74) is 4.79. The highest BCUT2D eigenvalue weighted by atomic mass is 32.1. The minimum absolute atomic E-state index is 0.455. The van der Waals surface area contributed by atoms with Gasteiger partial charge in [0.15, 0.2) is 5.11 Å². The number of thiocarbonyl (C=S) groups is 1. The van der Waals surface area contributed by atoms with Crippen molar-refractivity contribution in [2.45, 2.75) is 27.2 Å². The van der Waals surface area contributed by atoms with Crippen LogP contribution in [0.4, 0.5) is 5.69 Å². The van der Waals surface area contributed by atoms with Crippen molar-refractivity contribution < 1.29 is 4.74 Å². The molecule has 19 heavy (non-hydrogen) atoms. The summed E-state index contributed by atoms with van der Waals surface area (Å²) in [5, 5.41) is 7.81. The van der Waals surface area contributed by atoms with Gasteiger partial charge in [-0.1, -0.05) is 13.8 Å². The van der Waals surface area contributed by atoms with Gasteiger partial charge in [0.05, 0.1) is 7.11 Å². The van der Waals surface area contributed by atoms with Crippen LogP contribution in [0.2, 0.25) is 0 Å². The fourth-order valence-electron chi connectivity index (χ4n) is 1.38. The van der Waals surface area contributed by atoms with Crippen molar-refractivity contribution in [2.75, 3.05) is 12.4 Å². The van der Waals surface area contributed by atoms with Gasteiger partial charge in [-0.15, -0.1) is 0 Å². The summed E-state index contributed by atoms with van der Waals surface area (Å²) < 4.78 is 5.09. The first-order valence-electron chi connectivity index (χ1n) is 6.32. The number of hydrogen-bond acceptors (Lipinski definition) is 3. The number of nitrogens with zero attached hydrogens (tertiary/aromatic N) is 1. The monoisotopic (exact) mass is 279 g/mol. The number of rotatable bonds is 5. The predicted molar refractivity (Wildman–Crippen MR) is 84.9 cm³/mol. The molecule has 0 radical (unpaired) electrons. The van der Waals surface area contributed by atoms with Gasteiger partial charge in [0, 0.05) is 11.4 Å². The summed E-state index contributed by atoms with van der Waals surface area (Å²) >= 11 is 5.18. The Bertz CT molecular complexity index is 443. The topological polar surface area (TPSA) is 45.7 Å². The first kappa shape index (κ1) is 15.4. The molecule has 1 aromatic carbocycles. The third-order valence-electron chi connectivity index (χ3n) is 3.01. The maximum absolute atomic E-state index is 5.18. The van der Waals surface area contributed by atoms with Gasteiger partial charge < -0.3 is 10.1 Å². The molecule has 4 nitrogen and oxygen atoms in total. The second-order valence-corrected chi connectivity index (χ2v) is 4.77. The molecule has 1 atom stereocenters. The predicted octanol–water partition coefficient (Wildman–Crippen LogP) is 3.40. The number of nitrogens with one attached hydrogen (secondary N) is 2. The lowest BCUT2D eigenvalue weighted by Gasteiger charge is -2.11. The van der Waals surface area contributed by atoms with E-state index in [1.807, 2.05) is 31.2 Å². The van der Waals surface area contributed by atoms with Gasteiger partial charge in [-0.2, -0.15) is 5.10 Å². The average Bonchev–Trinajstić information content (AvgIpc) is 2.44. The van der Waals surface area contributed by atoms with E-state index >= 15 is 0 Å². The van der Waals surface area contributed by atoms with Gasteiger partial charge in [-0.05, 0) is 55.7 Å². The molecule has 0 spiro atoms. The summed E-state index contributed by atoms with van der Waals surface area (Å²) in [6.45, 7) is 6.27. The lowest BCUT2D eigenvalue weighted by Crippen LogP contribution is -2.25. The van der Waals surface area contributed by atoms with E-state index in [0.29, 0.717) is 11.0 Å². The Balaban J connectivity index is 2.51. The van der Waals surface area contributed by atoms with Crippen LogP contribution in [-0.4, -0.2) is 17.9 Å². The zero-order valence-corrected chi connectivity index (χ0v) is 12.7. The summed E-state index contributed by atoms with van der Waals surface area (Å²) in [5.74, 6) is 1.27. The molecule has 0 saturated carbocycles. The molecule has 0 heterocycles. The Kier molecular flexibility index (Phi) is 6.29. The molecule has 1 rings (SSSR count). The van der Waals surface area contributed by atoms with Gasteiger partial charge in [0.1, 0.15) is 5.75 Å². The van der Waals surface area contributed by atoms with E-state index in [4.69, 9.17) is 17.0 Å². The Hall–Kier alpha value is -1.62. The number of anilines is 1. The minimum Gasteiger partial charge on any atom is -0.497 e. The van der Waals surface area contributed by atoms with Crippen LogP contribution in [0.3, 0.4) is 0 Å². The Morgan fingerprint density at radius 1 is 1.37 bits per heavy atom. The van der Waals surface area contributed by atoms with Gasteiger partial charge in [0.2, 0.25) is 0 Å². The normalized spacial score (nSPS) is 12.7.